The van der Waals surface area contributed by atoms with Gasteiger partial charge in [0, 0.05) is 10.6 Å². The molecule has 1 aliphatic heterocycles. The number of aliphatic imine (C=N–C) groups is 1. The molecule has 0 unspecified atom stereocenters. The number of thioether (sulfide) groups is 2. The van der Waals surface area contributed by atoms with Crippen LogP contribution in [0.3, 0.4) is 0 Å². The zero-order chi connectivity index (χ0) is 22.9. The molecule has 0 saturated carbocycles. The van der Waals surface area contributed by atoms with E-state index in [-0.39, 0.29) is 17.8 Å². The molecule has 5 nitrogen and oxygen atoms in total. The molecule has 0 aliphatic carbocycles. The third kappa shape index (κ3) is 6.97. The van der Waals surface area contributed by atoms with Crippen LogP contribution in [-0.4, -0.2) is 34.1 Å². The van der Waals surface area contributed by atoms with Crippen LogP contribution in [0, 0.1) is 0 Å². The molecule has 33 heavy (non-hydrogen) atoms. The summed E-state index contributed by atoms with van der Waals surface area (Å²) in [6, 6.07) is 28.2. The van der Waals surface area contributed by atoms with Gasteiger partial charge < -0.3 is 10.1 Å². The van der Waals surface area contributed by atoms with Gasteiger partial charge in [0.25, 0.3) is 0 Å². The zero-order valence-corrected chi connectivity index (χ0v) is 19.6. The molecule has 0 radical (unpaired) electrons. The molecule has 0 fully saturated rings. The van der Waals surface area contributed by atoms with E-state index in [2.05, 4.69) is 5.32 Å². The summed E-state index contributed by atoms with van der Waals surface area (Å²) in [7, 11) is 0. The summed E-state index contributed by atoms with van der Waals surface area (Å²) in [4.78, 5) is 30.9. The van der Waals surface area contributed by atoms with E-state index in [1.54, 1.807) is 0 Å². The Morgan fingerprint density at radius 2 is 1.55 bits per heavy atom. The molecule has 7 heteroatoms. The van der Waals surface area contributed by atoms with Gasteiger partial charge in [-0.1, -0.05) is 78.9 Å². The van der Waals surface area contributed by atoms with Crippen molar-refractivity contribution in [3.8, 4) is 0 Å². The normalized spacial score (nSPS) is 16.0. The number of rotatable bonds is 8. The van der Waals surface area contributed by atoms with Gasteiger partial charge in [0.2, 0.25) is 5.12 Å². The van der Waals surface area contributed by atoms with Gasteiger partial charge in [0.1, 0.15) is 12.6 Å². The van der Waals surface area contributed by atoms with Crippen molar-refractivity contribution < 1.29 is 14.3 Å². The molecule has 2 atom stereocenters. The minimum atomic E-state index is -0.503. The lowest BCUT2D eigenvalue weighted by Gasteiger charge is -2.18. The van der Waals surface area contributed by atoms with Crippen LogP contribution in [-0.2, 0) is 22.6 Å². The number of carbonyl (C=O) groups excluding carboxylic acids is 2. The first-order valence-corrected chi connectivity index (χ1v) is 12.5. The van der Waals surface area contributed by atoms with Crippen LogP contribution in [0.4, 0.5) is 4.79 Å². The first-order chi connectivity index (χ1) is 16.2. The Balaban J connectivity index is 1.43. The number of hydrogen-bond acceptors (Lipinski definition) is 6. The van der Waals surface area contributed by atoms with Crippen molar-refractivity contribution in [2.75, 3.05) is 5.75 Å². The van der Waals surface area contributed by atoms with Gasteiger partial charge in [-0.25, -0.2) is 4.79 Å². The minimum absolute atomic E-state index is 0.00816. The average Bonchev–Trinajstić information content (AvgIpc) is 3.35. The highest BCUT2D eigenvalue weighted by Gasteiger charge is 2.31. The van der Waals surface area contributed by atoms with Crippen molar-refractivity contribution >= 4 is 39.8 Å². The van der Waals surface area contributed by atoms with Gasteiger partial charge in [-0.05, 0) is 41.4 Å². The van der Waals surface area contributed by atoms with Crippen LogP contribution in [0.5, 0.6) is 0 Å². The van der Waals surface area contributed by atoms with Gasteiger partial charge in [-0.15, -0.1) is 11.8 Å². The molecule has 1 aliphatic rings. The first-order valence-electron chi connectivity index (χ1n) is 10.7. The number of amides is 1. The van der Waals surface area contributed by atoms with Gasteiger partial charge >= 0.3 is 6.09 Å². The number of carbonyl (C=O) groups is 2. The van der Waals surface area contributed by atoms with Crippen LogP contribution in [0.1, 0.15) is 11.1 Å². The van der Waals surface area contributed by atoms with Crippen molar-refractivity contribution in [2.24, 2.45) is 4.99 Å². The van der Waals surface area contributed by atoms with E-state index in [0.29, 0.717) is 12.2 Å². The van der Waals surface area contributed by atoms with E-state index >= 15 is 0 Å². The maximum Gasteiger partial charge on any atom is 0.408 e. The molecular formula is C26H24N2O3S2. The monoisotopic (exact) mass is 476 g/mol. The largest absolute Gasteiger partial charge is 0.445 e. The molecule has 0 aromatic heterocycles. The van der Waals surface area contributed by atoms with E-state index in [1.807, 2.05) is 91.0 Å². The molecule has 1 heterocycles. The molecule has 0 spiro atoms. The summed E-state index contributed by atoms with van der Waals surface area (Å²) in [5, 5.41) is 3.72. The lowest BCUT2D eigenvalue weighted by atomic mass is 10.1. The molecule has 168 valence electrons. The summed E-state index contributed by atoms with van der Waals surface area (Å²) >= 11 is 2.73. The number of alkyl carbamates (subject to hydrolysis) is 1. The van der Waals surface area contributed by atoms with Gasteiger partial charge in [-0.2, -0.15) is 0 Å². The Morgan fingerprint density at radius 3 is 2.21 bits per heavy atom. The molecule has 1 N–H and O–H groups in total. The highest BCUT2D eigenvalue weighted by atomic mass is 32.2. The first kappa shape index (κ1) is 23.1. The van der Waals surface area contributed by atoms with Gasteiger partial charge in [-0.3, -0.25) is 9.79 Å². The average molecular weight is 477 g/mol. The molecule has 3 aromatic carbocycles. The van der Waals surface area contributed by atoms with Crippen LogP contribution >= 0.6 is 23.5 Å². The van der Waals surface area contributed by atoms with Gasteiger partial charge in [0.05, 0.1) is 11.1 Å². The quantitative estimate of drug-likeness (QED) is 0.444. The lowest BCUT2D eigenvalue weighted by Crippen LogP contribution is -2.41. The van der Waals surface area contributed by atoms with Crippen molar-refractivity contribution in [3.05, 3.63) is 102 Å². The smallest absolute Gasteiger partial charge is 0.408 e. The molecule has 0 saturated heterocycles. The summed E-state index contributed by atoms with van der Waals surface area (Å²) in [5.41, 5.74) is 1.99. The Kier molecular flexibility index (Phi) is 8.22. The maximum atomic E-state index is 12.8. The Morgan fingerprint density at radius 1 is 0.939 bits per heavy atom. The van der Waals surface area contributed by atoms with Crippen LogP contribution in [0.25, 0.3) is 0 Å². The predicted molar refractivity (Wildman–Crippen MR) is 135 cm³/mol. The van der Waals surface area contributed by atoms with Crippen molar-refractivity contribution in [1.29, 1.82) is 0 Å². The molecule has 0 bridgehead atoms. The zero-order valence-electron chi connectivity index (χ0n) is 17.9. The van der Waals surface area contributed by atoms with Crippen molar-refractivity contribution in [1.82, 2.24) is 5.32 Å². The number of benzene rings is 3. The van der Waals surface area contributed by atoms with E-state index < -0.39 is 12.1 Å². The van der Waals surface area contributed by atoms with E-state index in [0.717, 1.165) is 21.1 Å². The fourth-order valence-electron chi connectivity index (χ4n) is 3.33. The van der Waals surface area contributed by atoms with Crippen molar-refractivity contribution in [2.45, 2.75) is 30.0 Å². The second-order valence-electron chi connectivity index (χ2n) is 7.48. The number of hydrogen-bond donors (Lipinski definition) is 1. The third-order valence-electron chi connectivity index (χ3n) is 4.99. The number of nitrogens with zero attached hydrogens (tertiary/aromatic N) is 1. The molecule has 4 rings (SSSR count). The Bertz CT molecular complexity index is 1090. The highest BCUT2D eigenvalue weighted by Crippen LogP contribution is 2.28. The lowest BCUT2D eigenvalue weighted by molar-refractivity contribution is -0.111. The SMILES string of the molecule is O=C(N[C@@H](Cc1ccccc1)C1=N[C@H](C(=O)Sc2ccccc2)CS1)OCc1ccccc1. The summed E-state index contributed by atoms with van der Waals surface area (Å²) in [6.07, 6.45) is 0.0661. The maximum absolute atomic E-state index is 12.8. The second kappa shape index (κ2) is 11.7. The van der Waals surface area contributed by atoms with Crippen LogP contribution in [0.2, 0.25) is 0 Å². The number of nitrogens with one attached hydrogen (secondary N) is 1. The van der Waals surface area contributed by atoms with Gasteiger partial charge in [0.15, 0.2) is 0 Å². The number of ether oxygens (including phenoxy) is 1. The predicted octanol–water partition coefficient (Wildman–Crippen LogP) is 5.36. The van der Waals surface area contributed by atoms with E-state index in [4.69, 9.17) is 9.73 Å². The van der Waals surface area contributed by atoms with Crippen LogP contribution in [0.15, 0.2) is 101 Å². The van der Waals surface area contributed by atoms with Crippen LogP contribution < -0.4 is 5.32 Å². The summed E-state index contributed by atoms with van der Waals surface area (Å²) < 4.78 is 5.42. The Hall–Kier alpha value is -3.03. The fourth-order valence-corrected chi connectivity index (χ4v) is 5.34. The fraction of sp³-hybridized carbons (Fsp3) is 0.192. The minimum Gasteiger partial charge on any atom is -0.445 e. The van der Waals surface area contributed by atoms with Crippen molar-refractivity contribution in [3.63, 3.8) is 0 Å². The molecule has 3 aromatic rings. The Labute approximate surface area is 202 Å². The summed E-state index contributed by atoms with van der Waals surface area (Å²) in [5.74, 6) is 0.569. The standard InChI is InChI=1S/C26H24N2O3S2/c29-25(33-21-14-8-3-9-15-21)23-18-32-24(27-23)22(16-19-10-4-1-5-11-19)28-26(30)31-17-20-12-6-2-7-13-20/h1-15,22-23H,16-18H2,(H,28,30)/t22-,23-/m0/s1. The topological polar surface area (TPSA) is 67.8 Å². The highest BCUT2D eigenvalue weighted by molar-refractivity contribution is 8.15. The third-order valence-corrected chi connectivity index (χ3v) is 7.14. The second-order valence-corrected chi connectivity index (χ2v) is 9.59. The van der Waals surface area contributed by atoms with E-state index in [1.165, 1.54) is 23.5 Å². The molecular weight excluding hydrogens is 452 g/mol. The summed E-state index contributed by atoms with van der Waals surface area (Å²) in [6.45, 7) is 0.194. The molecule has 1 amide bonds. The van der Waals surface area contributed by atoms with E-state index in [9.17, 15) is 9.59 Å².